The van der Waals surface area contributed by atoms with E-state index in [-0.39, 0.29) is 21.1 Å². The number of nitrogens with zero attached hydrogens (tertiary/aromatic N) is 1. The number of rotatable bonds is 1. The van der Waals surface area contributed by atoms with E-state index >= 15 is 0 Å². The van der Waals surface area contributed by atoms with Crippen LogP contribution in [0.5, 0.6) is 0 Å². The fourth-order valence-electron chi connectivity index (χ4n) is 2.14. The van der Waals surface area contributed by atoms with Crippen LogP contribution in [0.15, 0.2) is 9.67 Å². The minimum absolute atomic E-state index is 0.0801. The van der Waals surface area contributed by atoms with Gasteiger partial charge in [-0.05, 0) is 0 Å². The van der Waals surface area contributed by atoms with Gasteiger partial charge in [0.25, 0.3) is 0 Å². The van der Waals surface area contributed by atoms with E-state index in [1.54, 1.807) is 0 Å². The van der Waals surface area contributed by atoms with Gasteiger partial charge in [0.15, 0.2) is 0 Å². The summed E-state index contributed by atoms with van der Waals surface area (Å²) >= 11 is -0.0801. The number of hydrogen-bond acceptors (Lipinski definition) is 1. The van der Waals surface area contributed by atoms with Crippen LogP contribution in [0.25, 0.3) is 0 Å². The van der Waals surface area contributed by atoms with Gasteiger partial charge in [-0.3, -0.25) is 0 Å². The average molecular weight is 256 g/mol. The Kier molecular flexibility index (Phi) is 2.57. The van der Waals surface area contributed by atoms with E-state index in [0.717, 1.165) is 6.04 Å². The molecule has 0 aromatic rings. The first-order valence-electron chi connectivity index (χ1n) is 4.51. The third-order valence-corrected chi connectivity index (χ3v) is 5.85. The van der Waals surface area contributed by atoms with E-state index in [1.807, 2.05) is 3.59 Å². The Hall–Kier alpha value is 0.499. The normalized spacial score (nSPS) is 31.7. The molecule has 2 radical (unpaired) electrons. The molecule has 2 rings (SSSR count). The standard InChI is InChI=1S/C8H12N.CH3.Sn/c1-2-6-9-7-3-5-8(9)4-1;;/h2,8H,3-7H2;1H3;. The molecule has 1 unspecified atom stereocenters. The maximum absolute atomic E-state index is 2.65. The van der Waals surface area contributed by atoms with Crippen LogP contribution in [0.1, 0.15) is 19.3 Å². The summed E-state index contributed by atoms with van der Waals surface area (Å²) in [5.41, 5.74) is 0. The fraction of sp³-hybridized carbons (Fsp3) is 0.778. The Bertz CT molecular complexity index is 176. The molecule has 0 aromatic carbocycles. The van der Waals surface area contributed by atoms with Gasteiger partial charge >= 0.3 is 79.0 Å². The van der Waals surface area contributed by atoms with Crippen LogP contribution in [0.3, 0.4) is 0 Å². The van der Waals surface area contributed by atoms with Crippen molar-refractivity contribution in [3.63, 3.8) is 0 Å². The molecular formula is C9H15NSn. The second-order valence-corrected chi connectivity index (χ2v) is 6.73. The van der Waals surface area contributed by atoms with Crippen molar-refractivity contribution in [1.29, 1.82) is 0 Å². The van der Waals surface area contributed by atoms with Gasteiger partial charge in [-0.1, -0.05) is 0 Å². The molecule has 0 spiro atoms. The first-order chi connectivity index (χ1) is 5.40. The molecule has 0 aliphatic carbocycles. The number of fused-ring (bicyclic) bond motifs is 1. The minimum atomic E-state index is -0.0801. The Morgan fingerprint density at radius 2 is 2.55 bits per heavy atom. The van der Waals surface area contributed by atoms with Crippen LogP contribution in [-0.2, 0) is 0 Å². The molecule has 2 aliphatic rings. The van der Waals surface area contributed by atoms with Crippen molar-refractivity contribution in [2.24, 2.45) is 0 Å². The zero-order chi connectivity index (χ0) is 7.68. The molecule has 0 saturated carbocycles. The third-order valence-electron chi connectivity index (χ3n) is 2.85. The molecule has 0 bridgehead atoms. The Labute approximate surface area is 79.1 Å². The maximum atomic E-state index is 2.65. The van der Waals surface area contributed by atoms with E-state index in [2.05, 4.69) is 15.9 Å². The van der Waals surface area contributed by atoms with Gasteiger partial charge in [-0.2, -0.15) is 0 Å². The first kappa shape index (κ1) is 8.11. The number of hydrogen-bond donors (Lipinski definition) is 0. The van der Waals surface area contributed by atoms with Gasteiger partial charge in [0.05, 0.1) is 0 Å². The van der Waals surface area contributed by atoms with E-state index in [0.29, 0.717) is 0 Å². The Morgan fingerprint density at radius 3 is 3.36 bits per heavy atom. The molecule has 0 amide bonds. The third kappa shape index (κ3) is 1.64. The summed E-state index contributed by atoms with van der Waals surface area (Å²) in [6.07, 6.45) is 6.86. The van der Waals surface area contributed by atoms with E-state index in [9.17, 15) is 0 Å². The van der Waals surface area contributed by atoms with Crippen LogP contribution in [0, 0.1) is 0 Å². The molecule has 0 aromatic heterocycles. The zero-order valence-electron chi connectivity index (χ0n) is 7.14. The van der Waals surface area contributed by atoms with Gasteiger partial charge in [0, 0.05) is 0 Å². The summed E-state index contributed by atoms with van der Waals surface area (Å²) in [5.74, 6) is 0. The van der Waals surface area contributed by atoms with Crippen LogP contribution in [-0.4, -0.2) is 45.2 Å². The fourth-order valence-corrected chi connectivity index (χ4v) is 4.23. The van der Waals surface area contributed by atoms with Crippen LogP contribution >= 0.6 is 0 Å². The van der Waals surface area contributed by atoms with Gasteiger partial charge in [0.2, 0.25) is 0 Å². The van der Waals surface area contributed by atoms with Gasteiger partial charge in [0.1, 0.15) is 0 Å². The second-order valence-electron chi connectivity index (χ2n) is 3.47. The summed E-state index contributed by atoms with van der Waals surface area (Å²) in [6, 6.07) is 0.954. The van der Waals surface area contributed by atoms with E-state index in [1.165, 1.54) is 32.4 Å². The summed E-state index contributed by atoms with van der Waals surface area (Å²) < 4.78 is 1.86. The molecule has 2 aliphatic heterocycles. The van der Waals surface area contributed by atoms with Gasteiger partial charge in [-0.15, -0.1) is 0 Å². The topological polar surface area (TPSA) is 3.24 Å². The van der Waals surface area contributed by atoms with Crippen molar-refractivity contribution in [2.45, 2.75) is 30.2 Å². The molecular weight excluding hydrogens is 241 g/mol. The van der Waals surface area contributed by atoms with E-state index in [4.69, 9.17) is 0 Å². The van der Waals surface area contributed by atoms with Crippen molar-refractivity contribution in [3.8, 4) is 0 Å². The molecule has 2 heterocycles. The Morgan fingerprint density at radius 1 is 1.64 bits per heavy atom. The predicted octanol–water partition coefficient (Wildman–Crippen LogP) is 1.49. The first-order valence-corrected chi connectivity index (χ1v) is 8.79. The van der Waals surface area contributed by atoms with Crippen molar-refractivity contribution < 1.29 is 0 Å². The summed E-state index contributed by atoms with van der Waals surface area (Å²) in [6.45, 7) is 2.64. The monoisotopic (exact) mass is 257 g/mol. The molecule has 0 N–H and O–H groups in total. The summed E-state index contributed by atoms with van der Waals surface area (Å²) in [5, 5.41) is 0. The average Bonchev–Trinajstić information content (AvgIpc) is 2.50. The van der Waals surface area contributed by atoms with Gasteiger partial charge < -0.3 is 0 Å². The predicted molar refractivity (Wildman–Crippen MR) is 48.9 cm³/mol. The van der Waals surface area contributed by atoms with Crippen molar-refractivity contribution in [2.75, 3.05) is 13.1 Å². The Balaban J connectivity index is 2.03. The molecule has 1 atom stereocenters. The van der Waals surface area contributed by atoms with Crippen molar-refractivity contribution >= 4 is 21.1 Å². The molecule has 60 valence electrons. The van der Waals surface area contributed by atoms with E-state index < -0.39 is 0 Å². The van der Waals surface area contributed by atoms with Crippen LogP contribution < -0.4 is 0 Å². The van der Waals surface area contributed by atoms with Crippen molar-refractivity contribution in [3.05, 3.63) is 9.67 Å². The molecule has 1 saturated heterocycles. The van der Waals surface area contributed by atoms with Crippen LogP contribution in [0.2, 0.25) is 4.94 Å². The quantitative estimate of drug-likeness (QED) is 0.642. The molecule has 2 heteroatoms. The summed E-state index contributed by atoms with van der Waals surface area (Å²) in [4.78, 5) is 5.10. The zero-order valence-corrected chi connectivity index (χ0v) is 9.99. The summed E-state index contributed by atoms with van der Waals surface area (Å²) in [7, 11) is 0. The SMILES string of the molecule is [CH3][Sn][C]1=CCN2CCCC2C1. The molecule has 1 nitrogen and oxygen atoms in total. The van der Waals surface area contributed by atoms with Gasteiger partial charge in [-0.25, -0.2) is 0 Å². The second kappa shape index (κ2) is 3.48. The van der Waals surface area contributed by atoms with Crippen LogP contribution in [0.4, 0.5) is 0 Å². The molecule has 11 heavy (non-hydrogen) atoms. The van der Waals surface area contributed by atoms with Crippen molar-refractivity contribution in [1.82, 2.24) is 4.90 Å². The molecule has 1 fully saturated rings.